The predicted molar refractivity (Wildman–Crippen MR) is 62.8 cm³/mol. The molecule has 1 aliphatic heterocycles. The molecule has 1 atom stereocenters. The van der Waals surface area contributed by atoms with Crippen molar-refractivity contribution in [2.45, 2.75) is 25.4 Å². The molecular formula is C10H17F3N2O3S. The molecule has 1 unspecified atom stereocenters. The molecule has 1 saturated heterocycles. The number of carbonyl (C=O) groups is 1. The largest absolute Gasteiger partial charge is 0.397 e. The van der Waals surface area contributed by atoms with Crippen molar-refractivity contribution in [2.75, 3.05) is 25.9 Å². The first kappa shape index (κ1) is 16.2. The number of hydrogen-bond donors (Lipinski definition) is 1. The molecule has 1 amide bonds. The summed E-state index contributed by atoms with van der Waals surface area (Å²) in [7, 11) is -3.32. The Hall–Kier alpha value is -0.830. The number of rotatable bonds is 4. The summed E-state index contributed by atoms with van der Waals surface area (Å²) in [5, 5.41) is 0. The van der Waals surface area contributed by atoms with Crippen molar-refractivity contribution in [2.24, 2.45) is 5.92 Å². The second-order valence-corrected chi connectivity index (χ2v) is 6.59. The Bertz CT molecular complexity index is 422. The van der Waals surface area contributed by atoms with E-state index in [-0.39, 0.29) is 19.0 Å². The maximum absolute atomic E-state index is 12.1. The summed E-state index contributed by atoms with van der Waals surface area (Å²) in [5.41, 5.74) is 0. The van der Waals surface area contributed by atoms with Crippen LogP contribution in [0.4, 0.5) is 13.2 Å². The fraction of sp³-hybridized carbons (Fsp3) is 0.900. The van der Waals surface area contributed by atoms with Crippen LogP contribution in [0.2, 0.25) is 0 Å². The van der Waals surface area contributed by atoms with Crippen LogP contribution in [0.1, 0.15) is 19.3 Å². The van der Waals surface area contributed by atoms with Crippen molar-refractivity contribution < 1.29 is 26.4 Å². The smallest absolute Gasteiger partial charge is 0.342 e. The van der Waals surface area contributed by atoms with Gasteiger partial charge in [0.2, 0.25) is 15.9 Å². The van der Waals surface area contributed by atoms with Crippen LogP contribution in [0.3, 0.4) is 0 Å². The van der Waals surface area contributed by atoms with Gasteiger partial charge in [0.05, 0.1) is 6.26 Å². The molecule has 0 aliphatic carbocycles. The summed E-state index contributed by atoms with van der Waals surface area (Å²) in [6, 6.07) is 0. The lowest BCUT2D eigenvalue weighted by Crippen LogP contribution is -2.44. The molecule has 112 valence electrons. The minimum atomic E-state index is -4.50. The summed E-state index contributed by atoms with van der Waals surface area (Å²) in [5.74, 6) is -1.09. The lowest BCUT2D eigenvalue weighted by molar-refractivity contribution is -0.162. The highest BCUT2D eigenvalue weighted by molar-refractivity contribution is 7.88. The van der Waals surface area contributed by atoms with E-state index in [0.717, 1.165) is 11.2 Å². The number of sulfonamides is 1. The molecule has 0 aromatic rings. The number of likely N-dealkylation sites (tertiary alicyclic amines) is 1. The Morgan fingerprint density at radius 2 is 2.05 bits per heavy atom. The molecule has 0 bridgehead atoms. The van der Waals surface area contributed by atoms with Crippen molar-refractivity contribution in [3.63, 3.8) is 0 Å². The van der Waals surface area contributed by atoms with Crippen LogP contribution in [0.5, 0.6) is 0 Å². The number of nitrogens with zero attached hydrogens (tertiary/aromatic N) is 1. The SMILES string of the molecule is CS(=O)(=O)NCC1CCCN(C(=O)CC(F)(F)F)C1. The molecule has 1 N–H and O–H groups in total. The molecule has 1 rings (SSSR count). The number of alkyl halides is 3. The Morgan fingerprint density at radius 3 is 2.58 bits per heavy atom. The molecule has 0 spiro atoms. The van der Waals surface area contributed by atoms with E-state index in [1.54, 1.807) is 0 Å². The fourth-order valence-corrected chi connectivity index (χ4v) is 2.55. The number of carbonyl (C=O) groups excluding carboxylic acids is 1. The van der Waals surface area contributed by atoms with Gasteiger partial charge in [-0.3, -0.25) is 4.79 Å². The van der Waals surface area contributed by atoms with Gasteiger partial charge in [0.1, 0.15) is 6.42 Å². The summed E-state index contributed by atoms with van der Waals surface area (Å²) in [4.78, 5) is 12.6. The summed E-state index contributed by atoms with van der Waals surface area (Å²) in [6.07, 6.45) is -3.67. The zero-order valence-electron chi connectivity index (χ0n) is 10.5. The maximum Gasteiger partial charge on any atom is 0.397 e. The molecule has 1 aliphatic rings. The van der Waals surface area contributed by atoms with Gasteiger partial charge in [-0.1, -0.05) is 0 Å². The Kier molecular flexibility index (Phi) is 5.19. The zero-order chi connectivity index (χ0) is 14.7. The number of hydrogen-bond acceptors (Lipinski definition) is 3. The van der Waals surface area contributed by atoms with E-state index in [1.165, 1.54) is 0 Å². The monoisotopic (exact) mass is 302 g/mol. The van der Waals surface area contributed by atoms with Gasteiger partial charge in [-0.2, -0.15) is 13.2 Å². The molecule has 0 radical (unpaired) electrons. The second-order valence-electron chi connectivity index (χ2n) is 4.76. The van der Waals surface area contributed by atoms with Gasteiger partial charge in [0.15, 0.2) is 0 Å². The van der Waals surface area contributed by atoms with Crippen LogP contribution in [0, 0.1) is 5.92 Å². The molecule has 0 aromatic carbocycles. The van der Waals surface area contributed by atoms with Crippen LogP contribution in [-0.2, 0) is 14.8 Å². The lowest BCUT2D eigenvalue weighted by atomic mass is 9.98. The van der Waals surface area contributed by atoms with Crippen LogP contribution >= 0.6 is 0 Å². The van der Waals surface area contributed by atoms with Gasteiger partial charge in [0.25, 0.3) is 0 Å². The van der Waals surface area contributed by atoms with Crippen LogP contribution in [0.25, 0.3) is 0 Å². The maximum atomic E-state index is 12.1. The van der Waals surface area contributed by atoms with E-state index in [4.69, 9.17) is 0 Å². The third-order valence-electron chi connectivity index (χ3n) is 2.86. The average Bonchev–Trinajstić information content (AvgIpc) is 2.23. The molecule has 0 saturated carbocycles. The van der Waals surface area contributed by atoms with Gasteiger partial charge in [-0.25, -0.2) is 13.1 Å². The average molecular weight is 302 g/mol. The van der Waals surface area contributed by atoms with Crippen molar-refractivity contribution in [1.29, 1.82) is 0 Å². The van der Waals surface area contributed by atoms with E-state index in [1.807, 2.05) is 0 Å². The minimum Gasteiger partial charge on any atom is -0.342 e. The lowest BCUT2D eigenvalue weighted by Gasteiger charge is -2.33. The molecule has 0 aromatic heterocycles. The number of halogens is 3. The van der Waals surface area contributed by atoms with E-state index in [0.29, 0.717) is 19.4 Å². The second kappa shape index (κ2) is 6.08. The van der Waals surface area contributed by atoms with E-state index in [9.17, 15) is 26.4 Å². The Morgan fingerprint density at radius 1 is 1.42 bits per heavy atom. The fourth-order valence-electron chi connectivity index (χ4n) is 2.01. The van der Waals surface area contributed by atoms with E-state index in [2.05, 4.69) is 4.72 Å². The zero-order valence-corrected chi connectivity index (χ0v) is 11.4. The molecular weight excluding hydrogens is 285 g/mol. The molecule has 9 heteroatoms. The summed E-state index contributed by atoms with van der Waals surface area (Å²) in [6.45, 7) is 0.607. The number of nitrogens with one attached hydrogen (secondary N) is 1. The summed E-state index contributed by atoms with van der Waals surface area (Å²) < 4.78 is 60.6. The third kappa shape index (κ3) is 6.76. The first-order valence-electron chi connectivity index (χ1n) is 5.86. The molecule has 5 nitrogen and oxygen atoms in total. The van der Waals surface area contributed by atoms with Gasteiger partial charge in [0, 0.05) is 19.6 Å². The van der Waals surface area contributed by atoms with Gasteiger partial charge < -0.3 is 4.90 Å². The van der Waals surface area contributed by atoms with Crippen molar-refractivity contribution in [1.82, 2.24) is 9.62 Å². The Balaban J connectivity index is 2.48. The van der Waals surface area contributed by atoms with E-state index < -0.39 is 28.5 Å². The van der Waals surface area contributed by atoms with Gasteiger partial charge in [-0.15, -0.1) is 0 Å². The predicted octanol–water partition coefficient (Wildman–Crippen LogP) is 0.727. The normalized spacial score (nSPS) is 21.5. The third-order valence-corrected chi connectivity index (χ3v) is 3.55. The van der Waals surface area contributed by atoms with Crippen molar-refractivity contribution >= 4 is 15.9 Å². The van der Waals surface area contributed by atoms with Crippen LogP contribution in [-0.4, -0.2) is 51.3 Å². The topological polar surface area (TPSA) is 66.5 Å². The highest BCUT2D eigenvalue weighted by Crippen LogP contribution is 2.23. The molecule has 19 heavy (non-hydrogen) atoms. The highest BCUT2D eigenvalue weighted by atomic mass is 32.2. The minimum absolute atomic E-state index is 0.138. The van der Waals surface area contributed by atoms with Crippen molar-refractivity contribution in [3.8, 4) is 0 Å². The quantitative estimate of drug-likeness (QED) is 0.832. The number of piperidine rings is 1. The Labute approximate surface area is 110 Å². The van der Waals surface area contributed by atoms with Crippen molar-refractivity contribution in [3.05, 3.63) is 0 Å². The van der Waals surface area contributed by atoms with Crippen LogP contribution < -0.4 is 4.72 Å². The number of amides is 1. The first-order chi connectivity index (χ1) is 8.57. The van der Waals surface area contributed by atoms with Gasteiger partial charge >= 0.3 is 6.18 Å². The summed E-state index contributed by atoms with van der Waals surface area (Å²) >= 11 is 0. The molecule has 1 heterocycles. The highest BCUT2D eigenvalue weighted by Gasteiger charge is 2.35. The first-order valence-corrected chi connectivity index (χ1v) is 7.75. The van der Waals surface area contributed by atoms with Crippen LogP contribution in [0.15, 0.2) is 0 Å². The van der Waals surface area contributed by atoms with Gasteiger partial charge in [-0.05, 0) is 18.8 Å². The molecule has 1 fully saturated rings. The van der Waals surface area contributed by atoms with E-state index >= 15 is 0 Å². The standard InChI is InChI=1S/C10H17F3N2O3S/c1-19(17,18)14-6-8-3-2-4-15(7-8)9(16)5-10(11,12)13/h8,14H,2-7H2,1H3.